The highest BCUT2D eigenvalue weighted by Gasteiger charge is 2.22. The fourth-order valence-electron chi connectivity index (χ4n) is 1.95. The van der Waals surface area contributed by atoms with Crippen LogP contribution >= 0.6 is 0 Å². The highest BCUT2D eigenvalue weighted by molar-refractivity contribution is 6.41. The van der Waals surface area contributed by atoms with E-state index in [2.05, 4.69) is 46.9 Å². The number of hydrogen-bond donors (Lipinski definition) is 1. The number of hydrogen-bond acceptors (Lipinski definition) is 1. The van der Waals surface area contributed by atoms with Crippen molar-refractivity contribution in [3.8, 4) is 0 Å². The summed E-state index contributed by atoms with van der Waals surface area (Å²) in [6, 6.07) is 0.723. The van der Waals surface area contributed by atoms with Crippen LogP contribution in [0.15, 0.2) is 0 Å². The second kappa shape index (κ2) is 5.81. The summed E-state index contributed by atoms with van der Waals surface area (Å²) in [7, 11) is 0.0333. The van der Waals surface area contributed by atoms with Crippen LogP contribution in [0.5, 0.6) is 0 Å². The van der Waals surface area contributed by atoms with Crippen molar-refractivity contribution in [2.45, 2.75) is 64.6 Å². The zero-order valence-corrected chi connectivity index (χ0v) is 11.7. The Hall–Kier alpha value is 0.177. The Morgan fingerprint density at radius 2 is 1.77 bits per heavy atom. The summed E-state index contributed by atoms with van der Waals surface area (Å²) in [6.07, 6.45) is 1.34. The standard InChI is InChI=1S/C11H27NSi/c1-7-10(9(3)12-8-2)13-11(4,5)6/h9-10,12H,7-8,13H2,1-6H3. The van der Waals surface area contributed by atoms with Crippen molar-refractivity contribution in [1.82, 2.24) is 5.32 Å². The summed E-state index contributed by atoms with van der Waals surface area (Å²) in [5.41, 5.74) is 0.958. The van der Waals surface area contributed by atoms with Crippen LogP contribution in [-0.2, 0) is 0 Å². The summed E-state index contributed by atoms with van der Waals surface area (Å²) in [6.45, 7) is 15.1. The molecule has 0 aromatic rings. The van der Waals surface area contributed by atoms with Gasteiger partial charge >= 0.3 is 0 Å². The van der Waals surface area contributed by atoms with Crippen molar-refractivity contribution < 1.29 is 0 Å². The van der Waals surface area contributed by atoms with Crippen molar-refractivity contribution in [2.75, 3.05) is 6.54 Å². The van der Waals surface area contributed by atoms with Crippen LogP contribution in [0.1, 0.15) is 48.0 Å². The number of nitrogens with one attached hydrogen (secondary N) is 1. The average molecular weight is 201 g/mol. The maximum absolute atomic E-state index is 3.55. The predicted molar refractivity (Wildman–Crippen MR) is 65.4 cm³/mol. The van der Waals surface area contributed by atoms with Crippen LogP contribution in [0, 0.1) is 0 Å². The van der Waals surface area contributed by atoms with Gasteiger partial charge in [0, 0.05) is 15.6 Å². The van der Waals surface area contributed by atoms with Crippen LogP contribution in [0.4, 0.5) is 0 Å². The maximum atomic E-state index is 3.55. The first-order valence-electron chi connectivity index (χ1n) is 5.64. The Bertz CT molecular complexity index is 129. The predicted octanol–water partition coefficient (Wildman–Crippen LogP) is 2.57. The van der Waals surface area contributed by atoms with E-state index in [1.807, 2.05) is 0 Å². The first kappa shape index (κ1) is 13.2. The van der Waals surface area contributed by atoms with Gasteiger partial charge in [0.2, 0.25) is 0 Å². The van der Waals surface area contributed by atoms with E-state index in [0.717, 1.165) is 18.1 Å². The van der Waals surface area contributed by atoms with Gasteiger partial charge in [-0.2, -0.15) is 0 Å². The Labute approximate surface area is 86.5 Å². The lowest BCUT2D eigenvalue weighted by molar-refractivity contribution is 0.511. The van der Waals surface area contributed by atoms with E-state index in [1.165, 1.54) is 6.42 Å². The van der Waals surface area contributed by atoms with Gasteiger partial charge in [0.25, 0.3) is 0 Å². The third-order valence-corrected chi connectivity index (χ3v) is 5.67. The van der Waals surface area contributed by atoms with Gasteiger partial charge in [0.15, 0.2) is 0 Å². The molecule has 0 aromatic carbocycles. The molecule has 2 unspecified atom stereocenters. The molecule has 0 radical (unpaired) electrons. The largest absolute Gasteiger partial charge is 0.315 e. The molecule has 80 valence electrons. The molecule has 0 bridgehead atoms. The molecule has 0 saturated carbocycles. The van der Waals surface area contributed by atoms with Crippen LogP contribution in [-0.4, -0.2) is 22.1 Å². The minimum absolute atomic E-state index is 0.0333. The van der Waals surface area contributed by atoms with E-state index in [-0.39, 0.29) is 9.52 Å². The Morgan fingerprint density at radius 3 is 2.08 bits per heavy atom. The van der Waals surface area contributed by atoms with Crippen LogP contribution < -0.4 is 5.32 Å². The molecule has 1 N–H and O–H groups in total. The summed E-state index contributed by atoms with van der Waals surface area (Å²) < 4.78 is 0. The highest BCUT2D eigenvalue weighted by atomic mass is 28.2. The first-order valence-corrected chi connectivity index (χ1v) is 7.16. The van der Waals surface area contributed by atoms with Gasteiger partial charge in [-0.25, -0.2) is 0 Å². The molecule has 0 saturated heterocycles. The molecule has 0 spiro atoms. The van der Waals surface area contributed by atoms with Gasteiger partial charge in [0.05, 0.1) is 0 Å². The third-order valence-electron chi connectivity index (χ3n) is 2.63. The Balaban J connectivity index is 4.01. The van der Waals surface area contributed by atoms with Crippen molar-refractivity contribution >= 4 is 9.52 Å². The zero-order valence-electron chi connectivity index (χ0n) is 10.3. The van der Waals surface area contributed by atoms with Gasteiger partial charge in [-0.1, -0.05) is 41.0 Å². The smallest absolute Gasteiger partial charge is 0.0311 e. The van der Waals surface area contributed by atoms with Crippen LogP contribution in [0.2, 0.25) is 10.6 Å². The second-order valence-electron chi connectivity index (χ2n) is 5.28. The second-order valence-corrected chi connectivity index (χ2v) is 8.86. The molecule has 0 aliphatic heterocycles. The quantitative estimate of drug-likeness (QED) is 0.674. The highest BCUT2D eigenvalue weighted by Crippen LogP contribution is 2.29. The van der Waals surface area contributed by atoms with Crippen molar-refractivity contribution in [3.63, 3.8) is 0 Å². The molecule has 0 rings (SSSR count). The van der Waals surface area contributed by atoms with Crippen molar-refractivity contribution in [3.05, 3.63) is 0 Å². The molecule has 0 aromatic heterocycles. The van der Waals surface area contributed by atoms with E-state index in [9.17, 15) is 0 Å². The molecule has 0 aliphatic carbocycles. The topological polar surface area (TPSA) is 12.0 Å². The first-order chi connectivity index (χ1) is 5.90. The van der Waals surface area contributed by atoms with Gasteiger partial charge in [-0.3, -0.25) is 0 Å². The van der Waals surface area contributed by atoms with Gasteiger partial charge in [-0.05, 0) is 24.0 Å². The van der Waals surface area contributed by atoms with Crippen LogP contribution in [0.3, 0.4) is 0 Å². The van der Waals surface area contributed by atoms with Gasteiger partial charge < -0.3 is 5.32 Å². The molecule has 0 fully saturated rings. The van der Waals surface area contributed by atoms with Crippen LogP contribution in [0.25, 0.3) is 0 Å². The summed E-state index contributed by atoms with van der Waals surface area (Å²) in [4.78, 5) is 0. The molecule has 13 heavy (non-hydrogen) atoms. The third kappa shape index (κ3) is 6.27. The van der Waals surface area contributed by atoms with E-state index >= 15 is 0 Å². The van der Waals surface area contributed by atoms with Gasteiger partial charge in [0.1, 0.15) is 0 Å². The minimum Gasteiger partial charge on any atom is -0.315 e. The lowest BCUT2D eigenvalue weighted by Crippen LogP contribution is -2.34. The molecule has 2 atom stereocenters. The van der Waals surface area contributed by atoms with Crippen molar-refractivity contribution in [2.24, 2.45) is 0 Å². The normalized spacial score (nSPS) is 18.0. The van der Waals surface area contributed by atoms with Gasteiger partial charge in [-0.15, -0.1) is 0 Å². The molecule has 1 nitrogen and oxygen atoms in total. The summed E-state index contributed by atoms with van der Waals surface area (Å²) in [5.74, 6) is 0. The lowest BCUT2D eigenvalue weighted by atomic mass is 10.2. The van der Waals surface area contributed by atoms with E-state index in [4.69, 9.17) is 0 Å². The Kier molecular flexibility index (Phi) is 5.89. The molecule has 2 heteroatoms. The van der Waals surface area contributed by atoms with E-state index in [1.54, 1.807) is 0 Å². The number of rotatable bonds is 5. The SMILES string of the molecule is CCNC(C)C(CC)[SiH2]C(C)(C)C. The molecule has 0 heterocycles. The fraction of sp³-hybridized carbons (Fsp3) is 1.00. The lowest BCUT2D eigenvalue weighted by Gasteiger charge is -2.29. The average Bonchev–Trinajstić information content (AvgIpc) is 1.99. The summed E-state index contributed by atoms with van der Waals surface area (Å²) in [5, 5.41) is 4.16. The monoisotopic (exact) mass is 201 g/mol. The zero-order chi connectivity index (χ0) is 10.5. The molecular weight excluding hydrogens is 174 g/mol. The van der Waals surface area contributed by atoms with E-state index in [0.29, 0.717) is 5.04 Å². The summed E-state index contributed by atoms with van der Waals surface area (Å²) >= 11 is 0. The molecular formula is C11H27NSi. The minimum atomic E-state index is 0.0333. The molecule has 0 amide bonds. The molecule has 0 aliphatic rings. The van der Waals surface area contributed by atoms with Crippen molar-refractivity contribution in [1.29, 1.82) is 0 Å². The fourth-order valence-corrected chi connectivity index (χ4v) is 4.33. The Morgan fingerprint density at radius 1 is 1.23 bits per heavy atom. The maximum Gasteiger partial charge on any atom is 0.0311 e. The van der Waals surface area contributed by atoms with E-state index < -0.39 is 0 Å².